The third kappa shape index (κ3) is 2.66. The third-order valence-electron chi connectivity index (χ3n) is 7.24. The minimum Gasteiger partial charge on any atom is -0.326 e. The molecular weight excluding hydrogens is 258 g/mol. The first kappa shape index (κ1) is 14.5. The van der Waals surface area contributed by atoms with Crippen LogP contribution in [0.15, 0.2) is 0 Å². The topological polar surface area (TPSA) is 32.5 Å². The molecule has 1 saturated heterocycles. The van der Waals surface area contributed by atoms with Crippen molar-refractivity contribution < 1.29 is 0 Å². The molecule has 1 unspecified atom stereocenters. The largest absolute Gasteiger partial charge is 0.326 e. The van der Waals surface area contributed by atoms with Crippen LogP contribution in [0.4, 0.5) is 0 Å². The Labute approximate surface area is 130 Å². The van der Waals surface area contributed by atoms with Crippen molar-refractivity contribution >= 4 is 0 Å². The Morgan fingerprint density at radius 3 is 1.86 bits per heavy atom. The van der Waals surface area contributed by atoms with E-state index >= 15 is 0 Å². The second kappa shape index (κ2) is 5.50. The molecule has 4 bridgehead atoms. The van der Waals surface area contributed by atoms with Gasteiger partial charge in [-0.1, -0.05) is 6.92 Å². The van der Waals surface area contributed by atoms with Gasteiger partial charge in [-0.2, -0.15) is 0 Å². The Kier molecular flexibility index (Phi) is 3.79. The molecule has 0 amide bonds. The normalized spacial score (nSPS) is 45.1. The van der Waals surface area contributed by atoms with Crippen LogP contribution in [-0.2, 0) is 0 Å². The minimum absolute atomic E-state index is 0.430. The molecule has 2 N–H and O–H groups in total. The number of rotatable bonds is 4. The van der Waals surface area contributed by atoms with Crippen molar-refractivity contribution in [3.8, 4) is 0 Å². The Hall–Kier alpha value is -0.120. The molecule has 1 atom stereocenters. The molecular formula is C18H33N3. The summed E-state index contributed by atoms with van der Waals surface area (Å²) in [6, 6.07) is 0.430. The first-order valence-corrected chi connectivity index (χ1v) is 9.37. The second-order valence-electron chi connectivity index (χ2n) is 8.62. The zero-order chi connectivity index (χ0) is 14.4. The maximum atomic E-state index is 6.82. The zero-order valence-electron chi connectivity index (χ0n) is 13.8. The smallest absolute Gasteiger partial charge is 0.0225 e. The van der Waals surface area contributed by atoms with E-state index < -0.39 is 0 Å². The lowest BCUT2D eigenvalue weighted by Gasteiger charge is -2.59. The van der Waals surface area contributed by atoms with Gasteiger partial charge < -0.3 is 10.6 Å². The number of piperazine rings is 1. The number of likely N-dealkylation sites (N-methyl/N-ethyl adjacent to an activating group) is 1. The van der Waals surface area contributed by atoms with Gasteiger partial charge in [0.15, 0.2) is 0 Å². The molecule has 0 aromatic rings. The maximum absolute atomic E-state index is 6.82. The van der Waals surface area contributed by atoms with Crippen LogP contribution in [0.3, 0.4) is 0 Å². The van der Waals surface area contributed by atoms with Crippen LogP contribution in [0.5, 0.6) is 0 Å². The Bertz CT molecular complexity index is 337. The predicted octanol–water partition coefficient (Wildman–Crippen LogP) is 2.17. The van der Waals surface area contributed by atoms with Gasteiger partial charge in [0.25, 0.3) is 0 Å². The summed E-state index contributed by atoms with van der Waals surface area (Å²) in [6.07, 6.45) is 8.95. The lowest BCUT2D eigenvalue weighted by molar-refractivity contribution is -0.0728. The summed E-state index contributed by atoms with van der Waals surface area (Å²) in [7, 11) is 0. The van der Waals surface area contributed by atoms with Crippen molar-refractivity contribution in [3.05, 3.63) is 0 Å². The summed E-state index contributed by atoms with van der Waals surface area (Å²) in [5.74, 6) is 3.08. The van der Waals surface area contributed by atoms with Gasteiger partial charge in [-0.3, -0.25) is 4.90 Å². The van der Waals surface area contributed by atoms with Crippen LogP contribution in [0.25, 0.3) is 0 Å². The summed E-state index contributed by atoms with van der Waals surface area (Å²) < 4.78 is 0. The molecule has 3 nitrogen and oxygen atoms in total. The number of hydrogen-bond donors (Lipinski definition) is 1. The molecule has 4 aliphatic carbocycles. The zero-order valence-corrected chi connectivity index (χ0v) is 13.8. The van der Waals surface area contributed by atoms with Gasteiger partial charge in [0.1, 0.15) is 0 Å². The molecule has 1 aliphatic heterocycles. The van der Waals surface area contributed by atoms with Crippen LogP contribution in [-0.4, -0.2) is 55.1 Å². The van der Waals surface area contributed by atoms with Gasteiger partial charge in [-0.15, -0.1) is 0 Å². The van der Waals surface area contributed by atoms with Crippen molar-refractivity contribution in [2.75, 3.05) is 39.3 Å². The van der Waals surface area contributed by atoms with E-state index in [4.69, 9.17) is 5.73 Å². The predicted molar refractivity (Wildman–Crippen MR) is 87.1 cm³/mol. The maximum Gasteiger partial charge on any atom is 0.0225 e. The number of nitrogens with two attached hydrogens (primary N) is 1. The Morgan fingerprint density at radius 1 is 0.905 bits per heavy atom. The van der Waals surface area contributed by atoms with Gasteiger partial charge in [-0.25, -0.2) is 0 Å². The fourth-order valence-corrected chi connectivity index (χ4v) is 6.39. The molecule has 21 heavy (non-hydrogen) atoms. The van der Waals surface area contributed by atoms with Gasteiger partial charge in [0.05, 0.1) is 0 Å². The summed E-state index contributed by atoms with van der Waals surface area (Å²) in [5.41, 5.74) is 7.34. The van der Waals surface area contributed by atoms with Crippen molar-refractivity contribution in [2.24, 2.45) is 28.9 Å². The molecule has 1 heterocycles. The fraction of sp³-hybridized carbons (Fsp3) is 1.00. The van der Waals surface area contributed by atoms with Gasteiger partial charge in [0, 0.05) is 38.8 Å². The molecule has 120 valence electrons. The highest BCUT2D eigenvalue weighted by molar-refractivity contribution is 5.06. The van der Waals surface area contributed by atoms with E-state index in [-0.39, 0.29) is 0 Å². The quantitative estimate of drug-likeness (QED) is 0.861. The van der Waals surface area contributed by atoms with E-state index in [1.165, 1.54) is 71.2 Å². The minimum atomic E-state index is 0.430. The van der Waals surface area contributed by atoms with Crippen LogP contribution in [0.1, 0.15) is 45.4 Å². The second-order valence-corrected chi connectivity index (χ2v) is 8.62. The van der Waals surface area contributed by atoms with Crippen LogP contribution in [0, 0.1) is 23.2 Å². The SMILES string of the molecule is CCN1CCN(CC(N)C23CC4CC(CC(C4)C2)C3)CC1. The molecule has 5 aliphatic rings. The molecule has 0 aromatic carbocycles. The first-order chi connectivity index (χ1) is 10.2. The van der Waals surface area contributed by atoms with Crippen molar-refractivity contribution in [1.29, 1.82) is 0 Å². The monoisotopic (exact) mass is 291 g/mol. The van der Waals surface area contributed by atoms with Crippen LogP contribution < -0.4 is 5.73 Å². The average Bonchev–Trinajstić information content (AvgIpc) is 2.46. The van der Waals surface area contributed by atoms with Crippen molar-refractivity contribution in [2.45, 2.75) is 51.5 Å². The van der Waals surface area contributed by atoms with E-state index in [1.54, 1.807) is 0 Å². The summed E-state index contributed by atoms with van der Waals surface area (Å²) in [6.45, 7) is 9.57. The van der Waals surface area contributed by atoms with Crippen molar-refractivity contribution in [1.82, 2.24) is 9.80 Å². The molecule has 5 rings (SSSR count). The molecule has 4 saturated carbocycles. The van der Waals surface area contributed by atoms with Crippen LogP contribution in [0.2, 0.25) is 0 Å². The lowest BCUT2D eigenvalue weighted by atomic mass is 9.48. The fourth-order valence-electron chi connectivity index (χ4n) is 6.39. The summed E-state index contributed by atoms with van der Waals surface area (Å²) >= 11 is 0. The highest BCUT2D eigenvalue weighted by atomic mass is 15.3. The van der Waals surface area contributed by atoms with Gasteiger partial charge in [0.2, 0.25) is 0 Å². The highest BCUT2D eigenvalue weighted by Crippen LogP contribution is 2.61. The number of hydrogen-bond acceptors (Lipinski definition) is 3. The Balaban J connectivity index is 1.38. The van der Waals surface area contributed by atoms with E-state index in [9.17, 15) is 0 Å². The molecule has 5 fully saturated rings. The lowest BCUT2D eigenvalue weighted by Crippen LogP contribution is -2.59. The van der Waals surface area contributed by atoms with E-state index in [0.29, 0.717) is 11.5 Å². The average molecular weight is 291 g/mol. The summed E-state index contributed by atoms with van der Waals surface area (Å²) in [5, 5.41) is 0. The summed E-state index contributed by atoms with van der Waals surface area (Å²) in [4.78, 5) is 5.21. The van der Waals surface area contributed by atoms with E-state index in [2.05, 4.69) is 16.7 Å². The van der Waals surface area contributed by atoms with Crippen LogP contribution >= 0.6 is 0 Å². The Morgan fingerprint density at radius 2 is 1.38 bits per heavy atom. The highest BCUT2D eigenvalue weighted by Gasteiger charge is 2.53. The molecule has 0 aromatic heterocycles. The van der Waals surface area contributed by atoms with Gasteiger partial charge >= 0.3 is 0 Å². The molecule has 3 heteroatoms. The van der Waals surface area contributed by atoms with E-state index in [0.717, 1.165) is 24.3 Å². The molecule has 0 radical (unpaired) electrons. The van der Waals surface area contributed by atoms with E-state index in [1.807, 2.05) is 0 Å². The number of nitrogens with zero attached hydrogens (tertiary/aromatic N) is 2. The van der Waals surface area contributed by atoms with Crippen molar-refractivity contribution in [3.63, 3.8) is 0 Å². The third-order valence-corrected chi connectivity index (χ3v) is 7.24. The first-order valence-electron chi connectivity index (χ1n) is 9.37. The molecule has 0 spiro atoms. The van der Waals surface area contributed by atoms with Gasteiger partial charge in [-0.05, 0) is 68.2 Å². The standard InChI is InChI=1S/C18H33N3/c1-2-20-3-5-21(6-4-20)13-17(19)18-10-14-7-15(11-18)9-16(8-14)12-18/h14-17H,2-13,19H2,1H3.